The first-order valence-corrected chi connectivity index (χ1v) is 18.6. The molecule has 0 aliphatic rings. The van der Waals surface area contributed by atoms with Gasteiger partial charge in [0.1, 0.15) is 0 Å². The SMILES string of the molecule is c1ccc(-c2cccc(N(c3ccc4sc5ccccc5c4c3)c3cccc(-c4cccc5ccccc45)c3-c3ccc4ccccc4c3)c2)cc1. The first-order valence-electron chi connectivity index (χ1n) is 17.8. The zero-order valence-corrected chi connectivity index (χ0v) is 29.2. The van der Waals surface area contributed by atoms with Crippen LogP contribution in [0.4, 0.5) is 17.1 Å². The molecule has 1 aromatic heterocycles. The number of fused-ring (bicyclic) bond motifs is 5. The standard InChI is InChI=1S/C50H33NS/c1-2-13-34(14-3-1)38-19-10-20-40(32-38)51(41-29-30-49-46(33-41)44-22-8-9-26-48(44)52-49)47-25-12-24-45(43-23-11-18-36-16-6-7-21-42(36)43)50(47)39-28-27-35-15-4-5-17-37(35)31-39/h1-33H. The molecule has 0 aliphatic heterocycles. The van der Waals surface area contributed by atoms with Crippen LogP contribution in [-0.2, 0) is 0 Å². The van der Waals surface area contributed by atoms with Crippen LogP contribution in [0.2, 0.25) is 0 Å². The molecule has 0 saturated carbocycles. The fourth-order valence-electron chi connectivity index (χ4n) is 7.79. The van der Waals surface area contributed by atoms with Crippen molar-refractivity contribution in [2.75, 3.05) is 4.90 Å². The summed E-state index contributed by atoms with van der Waals surface area (Å²) in [7, 11) is 0. The van der Waals surface area contributed by atoms with Gasteiger partial charge in [-0.25, -0.2) is 0 Å². The molecule has 1 heterocycles. The molecular weight excluding hydrogens is 647 g/mol. The third kappa shape index (κ3) is 5.24. The van der Waals surface area contributed by atoms with Crippen molar-refractivity contribution in [2.45, 2.75) is 0 Å². The van der Waals surface area contributed by atoms with Crippen LogP contribution in [0, 0.1) is 0 Å². The zero-order chi connectivity index (χ0) is 34.4. The Balaban J connectivity index is 1.29. The largest absolute Gasteiger partial charge is 0.310 e. The first-order chi connectivity index (χ1) is 25.8. The van der Waals surface area contributed by atoms with Crippen LogP contribution in [0.5, 0.6) is 0 Å². The Labute approximate surface area is 307 Å². The van der Waals surface area contributed by atoms with Crippen LogP contribution < -0.4 is 4.90 Å². The van der Waals surface area contributed by atoms with E-state index in [4.69, 9.17) is 0 Å². The summed E-state index contributed by atoms with van der Waals surface area (Å²) in [6.45, 7) is 0. The fourth-order valence-corrected chi connectivity index (χ4v) is 8.88. The molecule has 10 rings (SSSR count). The summed E-state index contributed by atoms with van der Waals surface area (Å²) < 4.78 is 2.60. The highest BCUT2D eigenvalue weighted by Gasteiger charge is 2.23. The second-order valence-electron chi connectivity index (χ2n) is 13.3. The van der Waals surface area contributed by atoms with Crippen molar-refractivity contribution in [1.29, 1.82) is 0 Å². The van der Waals surface area contributed by atoms with Gasteiger partial charge in [0.15, 0.2) is 0 Å². The van der Waals surface area contributed by atoms with Gasteiger partial charge in [0, 0.05) is 37.1 Å². The van der Waals surface area contributed by atoms with Crippen molar-refractivity contribution in [3.63, 3.8) is 0 Å². The van der Waals surface area contributed by atoms with Gasteiger partial charge in [0.25, 0.3) is 0 Å². The number of thiophene rings is 1. The third-order valence-electron chi connectivity index (χ3n) is 10.2. The van der Waals surface area contributed by atoms with E-state index in [1.807, 2.05) is 11.3 Å². The van der Waals surface area contributed by atoms with Crippen LogP contribution >= 0.6 is 11.3 Å². The number of rotatable bonds is 6. The number of hydrogen-bond acceptors (Lipinski definition) is 2. The molecular formula is C50H33NS. The molecule has 1 nitrogen and oxygen atoms in total. The molecule has 0 aliphatic carbocycles. The van der Waals surface area contributed by atoms with Gasteiger partial charge in [-0.15, -0.1) is 11.3 Å². The van der Waals surface area contributed by atoms with Crippen LogP contribution in [0.15, 0.2) is 200 Å². The predicted molar refractivity (Wildman–Crippen MR) is 225 cm³/mol. The van der Waals surface area contributed by atoms with E-state index < -0.39 is 0 Å². The van der Waals surface area contributed by atoms with E-state index in [0.29, 0.717) is 0 Å². The van der Waals surface area contributed by atoms with E-state index in [1.165, 1.54) is 75.1 Å². The van der Waals surface area contributed by atoms with Crippen LogP contribution in [0.25, 0.3) is 75.1 Å². The average molecular weight is 680 g/mol. The summed E-state index contributed by atoms with van der Waals surface area (Å²) in [5, 5.41) is 7.51. The lowest BCUT2D eigenvalue weighted by Gasteiger charge is -2.30. The van der Waals surface area contributed by atoms with Crippen molar-refractivity contribution < 1.29 is 0 Å². The number of anilines is 3. The van der Waals surface area contributed by atoms with Crippen molar-refractivity contribution in [1.82, 2.24) is 0 Å². The second kappa shape index (κ2) is 12.7. The summed E-state index contributed by atoms with van der Waals surface area (Å²) in [5.41, 5.74) is 10.6. The van der Waals surface area contributed by atoms with Gasteiger partial charge >= 0.3 is 0 Å². The molecule has 0 saturated heterocycles. The van der Waals surface area contributed by atoms with Gasteiger partial charge in [-0.05, 0) is 97.9 Å². The predicted octanol–water partition coefficient (Wildman–Crippen LogP) is 14.8. The van der Waals surface area contributed by atoms with E-state index >= 15 is 0 Å². The monoisotopic (exact) mass is 679 g/mol. The summed E-state index contributed by atoms with van der Waals surface area (Å²) in [4.78, 5) is 2.47. The smallest absolute Gasteiger partial charge is 0.0546 e. The van der Waals surface area contributed by atoms with E-state index in [2.05, 4.69) is 205 Å². The quantitative estimate of drug-likeness (QED) is 0.169. The minimum Gasteiger partial charge on any atom is -0.310 e. The molecule has 2 heteroatoms. The van der Waals surface area contributed by atoms with Crippen molar-refractivity contribution in [3.05, 3.63) is 200 Å². The Morgan fingerprint density at radius 3 is 1.88 bits per heavy atom. The normalized spacial score (nSPS) is 11.5. The van der Waals surface area contributed by atoms with Crippen LogP contribution in [0.3, 0.4) is 0 Å². The van der Waals surface area contributed by atoms with E-state index in [9.17, 15) is 0 Å². The zero-order valence-electron chi connectivity index (χ0n) is 28.4. The van der Waals surface area contributed by atoms with Crippen molar-refractivity contribution >= 4 is 70.1 Å². The summed E-state index contributed by atoms with van der Waals surface area (Å²) in [6, 6.07) is 73.2. The Bertz CT molecular complexity index is 2910. The molecule has 0 N–H and O–H groups in total. The molecule has 0 fully saturated rings. The maximum atomic E-state index is 2.47. The molecule has 0 atom stereocenters. The highest BCUT2D eigenvalue weighted by Crippen LogP contribution is 2.48. The van der Waals surface area contributed by atoms with Gasteiger partial charge in [0.2, 0.25) is 0 Å². The molecule has 244 valence electrons. The van der Waals surface area contributed by atoms with Crippen molar-refractivity contribution in [3.8, 4) is 33.4 Å². The minimum atomic E-state index is 1.11. The van der Waals surface area contributed by atoms with Gasteiger partial charge in [-0.1, -0.05) is 152 Å². The lowest BCUT2D eigenvalue weighted by Crippen LogP contribution is -2.12. The summed E-state index contributed by atoms with van der Waals surface area (Å²) >= 11 is 1.86. The third-order valence-corrected chi connectivity index (χ3v) is 11.4. The Morgan fingerprint density at radius 2 is 0.981 bits per heavy atom. The van der Waals surface area contributed by atoms with Crippen LogP contribution in [0.1, 0.15) is 0 Å². The molecule has 0 unspecified atom stereocenters. The highest BCUT2D eigenvalue weighted by atomic mass is 32.1. The molecule has 0 radical (unpaired) electrons. The Morgan fingerprint density at radius 1 is 0.327 bits per heavy atom. The summed E-state index contributed by atoms with van der Waals surface area (Å²) in [6.07, 6.45) is 0. The molecule has 10 aromatic rings. The van der Waals surface area contributed by atoms with Crippen LogP contribution in [-0.4, -0.2) is 0 Å². The number of benzene rings is 9. The van der Waals surface area contributed by atoms with E-state index in [1.54, 1.807) is 0 Å². The minimum absolute atomic E-state index is 1.11. The molecule has 0 spiro atoms. The van der Waals surface area contributed by atoms with Gasteiger partial charge < -0.3 is 4.90 Å². The number of nitrogens with zero attached hydrogens (tertiary/aromatic N) is 1. The lowest BCUT2D eigenvalue weighted by atomic mass is 9.88. The average Bonchev–Trinajstić information content (AvgIpc) is 3.59. The van der Waals surface area contributed by atoms with E-state index in [-0.39, 0.29) is 0 Å². The molecule has 0 amide bonds. The Hall–Kier alpha value is -6.48. The van der Waals surface area contributed by atoms with Gasteiger partial charge in [-0.2, -0.15) is 0 Å². The first kappa shape index (κ1) is 30.4. The Kier molecular flexibility index (Phi) is 7.41. The fraction of sp³-hybridized carbons (Fsp3) is 0. The van der Waals surface area contributed by atoms with E-state index in [0.717, 1.165) is 17.1 Å². The molecule has 9 aromatic carbocycles. The second-order valence-corrected chi connectivity index (χ2v) is 14.4. The van der Waals surface area contributed by atoms with Crippen molar-refractivity contribution in [2.24, 2.45) is 0 Å². The maximum absolute atomic E-state index is 2.47. The van der Waals surface area contributed by atoms with Gasteiger partial charge in [-0.3, -0.25) is 0 Å². The highest BCUT2D eigenvalue weighted by molar-refractivity contribution is 7.25. The topological polar surface area (TPSA) is 3.24 Å². The molecule has 52 heavy (non-hydrogen) atoms. The van der Waals surface area contributed by atoms with Gasteiger partial charge in [0.05, 0.1) is 5.69 Å². The summed E-state index contributed by atoms with van der Waals surface area (Å²) in [5.74, 6) is 0. The number of hydrogen-bond donors (Lipinski definition) is 0. The lowest BCUT2D eigenvalue weighted by molar-refractivity contribution is 1.29. The molecule has 0 bridgehead atoms. The maximum Gasteiger partial charge on any atom is 0.0546 e.